The molecule has 39 heavy (non-hydrogen) atoms. The zero-order valence-electron chi connectivity index (χ0n) is 20.1. The first kappa shape index (κ1) is 31.6. The highest BCUT2D eigenvalue weighted by Crippen LogP contribution is 2.33. The van der Waals surface area contributed by atoms with Gasteiger partial charge in [-0.05, 0) is 43.5 Å². The Labute approximate surface area is 217 Å². The van der Waals surface area contributed by atoms with E-state index in [1.54, 1.807) is 18.7 Å². The minimum Gasteiger partial charge on any atom is -0.475 e. The molecule has 0 aliphatic carbocycles. The fraction of sp³-hybridized carbons (Fsp3) is 0.478. The van der Waals surface area contributed by atoms with E-state index in [2.05, 4.69) is 15.2 Å². The Balaban J connectivity index is 0.000000317. The van der Waals surface area contributed by atoms with Gasteiger partial charge in [0.1, 0.15) is 6.10 Å². The molecule has 3 N–H and O–H groups in total. The Morgan fingerprint density at radius 3 is 2.21 bits per heavy atom. The molecule has 2 saturated heterocycles. The van der Waals surface area contributed by atoms with Gasteiger partial charge in [0.2, 0.25) is 5.91 Å². The summed E-state index contributed by atoms with van der Waals surface area (Å²) in [5.41, 5.74) is 2.04. The van der Waals surface area contributed by atoms with Gasteiger partial charge in [0, 0.05) is 24.8 Å². The monoisotopic (exact) mass is 569 g/mol. The number of aromatic nitrogens is 1. The van der Waals surface area contributed by atoms with E-state index < -0.39 is 24.3 Å². The summed E-state index contributed by atoms with van der Waals surface area (Å²) in [5.74, 6) is -5.06. The fourth-order valence-corrected chi connectivity index (χ4v) is 3.74. The average molecular weight is 569 g/mol. The lowest BCUT2D eigenvalue weighted by Crippen LogP contribution is -2.42. The van der Waals surface area contributed by atoms with Crippen molar-refractivity contribution < 1.29 is 60.1 Å². The molecule has 2 fully saturated rings. The number of hydrogen-bond acceptors (Lipinski definition) is 7. The van der Waals surface area contributed by atoms with Crippen LogP contribution in [0, 0.1) is 5.92 Å². The molecule has 0 spiro atoms. The summed E-state index contributed by atoms with van der Waals surface area (Å²) in [6.07, 6.45) is -3.24. The summed E-state index contributed by atoms with van der Waals surface area (Å²) < 4.78 is 74.7. The highest BCUT2D eigenvalue weighted by atomic mass is 19.4. The Bertz CT molecular complexity index is 1040. The second-order valence-electron chi connectivity index (χ2n) is 8.46. The number of hydrogen-bond donors (Lipinski definition) is 3. The third kappa shape index (κ3) is 10.9. The number of carbonyl (C=O) groups is 3. The molecule has 0 saturated carbocycles. The number of amides is 1. The van der Waals surface area contributed by atoms with Crippen molar-refractivity contribution in [3.05, 3.63) is 54.2 Å². The number of nitrogens with one attached hydrogen (secondary N) is 1. The number of furan rings is 1. The molecule has 1 amide bonds. The summed E-state index contributed by atoms with van der Waals surface area (Å²) in [7, 11) is 0. The van der Waals surface area contributed by atoms with Gasteiger partial charge >= 0.3 is 24.3 Å². The molecule has 4 rings (SSSR count). The van der Waals surface area contributed by atoms with Gasteiger partial charge in [0.05, 0.1) is 30.9 Å². The molecule has 0 bridgehead atoms. The molecular weight excluding hydrogens is 544 g/mol. The van der Waals surface area contributed by atoms with Crippen LogP contribution in [0.25, 0.3) is 0 Å². The first-order valence-electron chi connectivity index (χ1n) is 11.3. The van der Waals surface area contributed by atoms with E-state index in [1.165, 1.54) is 5.56 Å². The Morgan fingerprint density at radius 2 is 1.69 bits per heavy atom. The van der Waals surface area contributed by atoms with Crippen LogP contribution in [0.2, 0.25) is 0 Å². The standard InChI is InChI=1S/C19H23N3O3.2C2HF3O2/c23-19(21-10-16-3-1-2-6-20-16)17-9-15-4-7-22(12-18(15)25-17)11-14-5-8-24-13-14;2*3-2(4,5)1(6)7/h1-3,5-6,8,13,15,17-18H,4,7,9-12H2,(H,21,23);2*(H,6,7)/t15-,17-,18+;;/m0../s1. The number of carboxylic acids is 2. The van der Waals surface area contributed by atoms with E-state index in [4.69, 9.17) is 29.0 Å². The largest absolute Gasteiger partial charge is 0.490 e. The Morgan fingerprint density at radius 1 is 1.05 bits per heavy atom. The van der Waals surface area contributed by atoms with E-state index in [1.807, 2.05) is 24.3 Å². The smallest absolute Gasteiger partial charge is 0.475 e. The van der Waals surface area contributed by atoms with Gasteiger partial charge in [-0.15, -0.1) is 0 Å². The van der Waals surface area contributed by atoms with Gasteiger partial charge in [-0.25, -0.2) is 9.59 Å². The predicted octanol–water partition coefficient (Wildman–Crippen LogP) is 3.24. The van der Waals surface area contributed by atoms with E-state index >= 15 is 0 Å². The molecule has 3 atom stereocenters. The average Bonchev–Trinajstić information content (AvgIpc) is 3.52. The molecule has 2 aliphatic rings. The maximum absolute atomic E-state index is 12.4. The molecule has 2 aliphatic heterocycles. The fourth-order valence-electron chi connectivity index (χ4n) is 3.74. The van der Waals surface area contributed by atoms with E-state index in [0.29, 0.717) is 12.5 Å². The first-order chi connectivity index (χ1) is 18.2. The van der Waals surface area contributed by atoms with Crippen LogP contribution in [0.3, 0.4) is 0 Å². The molecular formula is C23H25F6N3O7. The number of rotatable bonds is 5. The van der Waals surface area contributed by atoms with Gasteiger partial charge in [-0.1, -0.05) is 6.07 Å². The van der Waals surface area contributed by atoms with Gasteiger partial charge in [0.15, 0.2) is 0 Å². The second kappa shape index (κ2) is 13.9. The van der Waals surface area contributed by atoms with Crippen molar-refractivity contribution >= 4 is 17.8 Å². The van der Waals surface area contributed by atoms with Crippen LogP contribution in [0.5, 0.6) is 0 Å². The van der Waals surface area contributed by atoms with Gasteiger partial charge in [0.25, 0.3) is 0 Å². The summed E-state index contributed by atoms with van der Waals surface area (Å²) in [5, 5.41) is 17.2. The molecule has 10 nitrogen and oxygen atoms in total. The minimum atomic E-state index is -5.08. The zero-order chi connectivity index (χ0) is 29.2. The number of ether oxygens (including phenoxy) is 1. The highest BCUT2D eigenvalue weighted by Gasteiger charge is 2.42. The molecule has 0 unspecified atom stereocenters. The van der Waals surface area contributed by atoms with E-state index in [9.17, 15) is 31.1 Å². The van der Waals surface area contributed by atoms with Crippen LogP contribution >= 0.6 is 0 Å². The molecule has 4 heterocycles. The molecule has 0 radical (unpaired) electrons. The molecule has 2 aromatic rings. The lowest BCUT2D eigenvalue weighted by Gasteiger charge is -2.33. The molecule has 216 valence electrons. The number of carbonyl (C=O) groups excluding carboxylic acids is 1. The number of alkyl halides is 6. The Hall–Kier alpha value is -3.66. The number of pyridine rings is 1. The van der Waals surface area contributed by atoms with E-state index in [0.717, 1.165) is 38.2 Å². The van der Waals surface area contributed by atoms with Gasteiger partial charge in [-0.3, -0.25) is 14.7 Å². The third-order valence-electron chi connectivity index (χ3n) is 5.57. The second-order valence-corrected chi connectivity index (χ2v) is 8.46. The van der Waals surface area contributed by atoms with Gasteiger partial charge < -0.3 is 24.7 Å². The maximum atomic E-state index is 12.4. The molecule has 0 aromatic carbocycles. The third-order valence-corrected chi connectivity index (χ3v) is 5.57. The predicted molar refractivity (Wildman–Crippen MR) is 119 cm³/mol. The number of piperidine rings is 1. The van der Waals surface area contributed by atoms with Gasteiger partial charge in [-0.2, -0.15) is 26.3 Å². The normalized spacial score (nSPS) is 20.9. The highest BCUT2D eigenvalue weighted by molar-refractivity contribution is 5.81. The maximum Gasteiger partial charge on any atom is 0.490 e. The van der Waals surface area contributed by atoms with Crippen molar-refractivity contribution in [3.63, 3.8) is 0 Å². The van der Waals surface area contributed by atoms with E-state index in [-0.39, 0.29) is 18.1 Å². The van der Waals surface area contributed by atoms with Crippen molar-refractivity contribution in [2.45, 2.75) is 50.5 Å². The van der Waals surface area contributed by atoms with Crippen LogP contribution in [0.4, 0.5) is 26.3 Å². The SMILES string of the molecule is O=C(NCc1ccccn1)[C@@H]1C[C@@H]2CCN(Cc3ccoc3)C[C@H]2O1.O=C(O)C(F)(F)F.O=C(O)C(F)(F)F. The minimum absolute atomic E-state index is 0.0264. The number of carboxylic acid groups (broad SMARTS) is 2. The van der Waals surface area contributed by atoms with Crippen LogP contribution < -0.4 is 5.32 Å². The first-order valence-corrected chi connectivity index (χ1v) is 11.3. The van der Waals surface area contributed by atoms with Crippen LogP contribution in [-0.4, -0.2) is 75.6 Å². The van der Waals surface area contributed by atoms with Crippen molar-refractivity contribution in [3.8, 4) is 0 Å². The number of aliphatic carboxylic acids is 2. The summed E-state index contributed by atoms with van der Waals surface area (Å²) in [4.78, 5) is 36.8. The van der Waals surface area contributed by atoms with Crippen molar-refractivity contribution in [2.24, 2.45) is 5.92 Å². The number of halogens is 6. The van der Waals surface area contributed by atoms with Crippen LogP contribution in [0.15, 0.2) is 47.4 Å². The summed E-state index contributed by atoms with van der Waals surface area (Å²) in [6, 6.07) is 7.69. The number of nitrogens with zero attached hydrogens (tertiary/aromatic N) is 2. The van der Waals surface area contributed by atoms with Crippen molar-refractivity contribution in [1.82, 2.24) is 15.2 Å². The van der Waals surface area contributed by atoms with Crippen LogP contribution in [-0.2, 0) is 32.2 Å². The quantitative estimate of drug-likeness (QED) is 0.463. The Kier molecular flexibility index (Phi) is 11.3. The summed E-state index contributed by atoms with van der Waals surface area (Å²) >= 11 is 0. The lowest BCUT2D eigenvalue weighted by atomic mass is 9.91. The molecule has 2 aromatic heterocycles. The zero-order valence-corrected chi connectivity index (χ0v) is 20.1. The summed E-state index contributed by atoms with van der Waals surface area (Å²) in [6.45, 7) is 3.24. The topological polar surface area (TPSA) is 142 Å². The lowest BCUT2D eigenvalue weighted by molar-refractivity contribution is -0.193. The van der Waals surface area contributed by atoms with Crippen LogP contribution in [0.1, 0.15) is 24.1 Å². The molecule has 16 heteroatoms. The van der Waals surface area contributed by atoms with Crippen molar-refractivity contribution in [2.75, 3.05) is 13.1 Å². The number of likely N-dealkylation sites (tertiary alicyclic amines) is 1. The van der Waals surface area contributed by atoms with Crippen molar-refractivity contribution in [1.29, 1.82) is 0 Å². The number of fused-ring (bicyclic) bond motifs is 1.